The summed E-state index contributed by atoms with van der Waals surface area (Å²) in [4.78, 5) is 11.4. The Morgan fingerprint density at radius 2 is 2.11 bits per heavy atom. The number of aliphatic hydroxyl groups is 1. The predicted octanol–water partition coefficient (Wildman–Crippen LogP) is 2.40. The standard InChI is InChI=1S/C13H18BrNO3/c1-8-5-9(2)11(10(14)6-8)15-7-13(3,17)12(16)18-4/h5-6,15,17H,7H2,1-4H3. The minimum absolute atomic E-state index is 0.0855. The van der Waals surface area contributed by atoms with E-state index in [0.717, 1.165) is 21.3 Å². The number of ether oxygens (including phenoxy) is 1. The SMILES string of the molecule is COC(=O)C(C)(O)CNc1c(C)cc(C)cc1Br. The maximum Gasteiger partial charge on any atom is 0.339 e. The van der Waals surface area contributed by atoms with Gasteiger partial charge in [-0.15, -0.1) is 0 Å². The number of aryl methyl sites for hydroxylation is 2. The molecule has 1 aromatic rings. The summed E-state index contributed by atoms with van der Waals surface area (Å²) < 4.78 is 5.45. The number of esters is 1. The van der Waals surface area contributed by atoms with Gasteiger partial charge in [-0.2, -0.15) is 0 Å². The zero-order chi connectivity index (χ0) is 13.9. The quantitative estimate of drug-likeness (QED) is 0.838. The lowest BCUT2D eigenvalue weighted by Crippen LogP contribution is -2.43. The molecule has 0 saturated heterocycles. The van der Waals surface area contributed by atoms with Crippen molar-refractivity contribution < 1.29 is 14.6 Å². The molecule has 0 bridgehead atoms. The highest BCUT2D eigenvalue weighted by Crippen LogP contribution is 2.28. The predicted molar refractivity (Wildman–Crippen MR) is 74.7 cm³/mol. The van der Waals surface area contributed by atoms with Crippen molar-refractivity contribution in [2.24, 2.45) is 0 Å². The molecule has 18 heavy (non-hydrogen) atoms. The Balaban J connectivity index is 2.84. The molecule has 2 N–H and O–H groups in total. The second kappa shape index (κ2) is 5.71. The first kappa shape index (κ1) is 15.0. The van der Waals surface area contributed by atoms with E-state index in [1.807, 2.05) is 26.0 Å². The lowest BCUT2D eigenvalue weighted by Gasteiger charge is -2.22. The van der Waals surface area contributed by atoms with Crippen molar-refractivity contribution >= 4 is 27.6 Å². The van der Waals surface area contributed by atoms with E-state index in [1.54, 1.807) is 0 Å². The Bertz CT molecular complexity index is 435. The van der Waals surface area contributed by atoms with Gasteiger partial charge in [0.1, 0.15) is 0 Å². The smallest absolute Gasteiger partial charge is 0.339 e. The van der Waals surface area contributed by atoms with Crippen LogP contribution in [0.3, 0.4) is 0 Å². The van der Waals surface area contributed by atoms with Gasteiger partial charge in [0.25, 0.3) is 0 Å². The van der Waals surface area contributed by atoms with Crippen LogP contribution in [0.5, 0.6) is 0 Å². The van der Waals surface area contributed by atoms with Gasteiger partial charge in [0.05, 0.1) is 19.3 Å². The normalized spacial score (nSPS) is 13.9. The van der Waals surface area contributed by atoms with E-state index in [2.05, 4.69) is 26.0 Å². The summed E-state index contributed by atoms with van der Waals surface area (Å²) in [6.45, 7) is 5.48. The zero-order valence-corrected chi connectivity index (χ0v) is 12.6. The van der Waals surface area contributed by atoms with Gasteiger partial charge >= 0.3 is 5.97 Å². The average Bonchev–Trinajstić information content (AvgIpc) is 2.26. The second-order valence-corrected chi connectivity index (χ2v) is 5.41. The highest BCUT2D eigenvalue weighted by Gasteiger charge is 2.31. The van der Waals surface area contributed by atoms with E-state index in [-0.39, 0.29) is 6.54 Å². The fourth-order valence-corrected chi connectivity index (χ4v) is 2.51. The molecule has 0 radical (unpaired) electrons. The van der Waals surface area contributed by atoms with Crippen LogP contribution in [0.15, 0.2) is 16.6 Å². The minimum atomic E-state index is -1.55. The lowest BCUT2D eigenvalue weighted by atomic mass is 10.1. The van der Waals surface area contributed by atoms with E-state index in [0.29, 0.717) is 0 Å². The van der Waals surface area contributed by atoms with Gasteiger partial charge in [-0.3, -0.25) is 0 Å². The van der Waals surface area contributed by atoms with Crippen molar-refractivity contribution in [1.29, 1.82) is 0 Å². The first-order valence-corrected chi connectivity index (χ1v) is 6.38. The van der Waals surface area contributed by atoms with Gasteiger partial charge < -0.3 is 15.2 Å². The van der Waals surface area contributed by atoms with Crippen LogP contribution < -0.4 is 5.32 Å². The van der Waals surface area contributed by atoms with Crippen molar-refractivity contribution in [1.82, 2.24) is 0 Å². The van der Waals surface area contributed by atoms with E-state index >= 15 is 0 Å². The van der Waals surface area contributed by atoms with Gasteiger partial charge in [0.15, 0.2) is 5.60 Å². The number of halogens is 1. The Hall–Kier alpha value is -1.07. The number of hydrogen-bond donors (Lipinski definition) is 2. The number of carbonyl (C=O) groups excluding carboxylic acids is 1. The Morgan fingerprint density at radius 3 is 2.61 bits per heavy atom. The van der Waals surface area contributed by atoms with Crippen LogP contribution in [-0.4, -0.2) is 30.3 Å². The summed E-state index contributed by atoms with van der Waals surface area (Å²) in [5.74, 6) is -0.657. The summed E-state index contributed by atoms with van der Waals surface area (Å²) in [6, 6.07) is 4.00. The van der Waals surface area contributed by atoms with E-state index in [1.165, 1.54) is 14.0 Å². The van der Waals surface area contributed by atoms with E-state index in [4.69, 9.17) is 0 Å². The van der Waals surface area contributed by atoms with Crippen molar-refractivity contribution in [2.75, 3.05) is 19.0 Å². The van der Waals surface area contributed by atoms with Crippen LogP contribution in [0.1, 0.15) is 18.1 Å². The molecule has 0 heterocycles. The van der Waals surface area contributed by atoms with Gasteiger partial charge in [-0.25, -0.2) is 4.79 Å². The van der Waals surface area contributed by atoms with Gasteiger partial charge in [-0.1, -0.05) is 6.07 Å². The minimum Gasteiger partial charge on any atom is -0.467 e. The fraction of sp³-hybridized carbons (Fsp3) is 0.462. The monoisotopic (exact) mass is 315 g/mol. The van der Waals surface area contributed by atoms with Crippen LogP contribution >= 0.6 is 15.9 Å². The highest BCUT2D eigenvalue weighted by atomic mass is 79.9. The number of rotatable bonds is 4. The summed E-state index contributed by atoms with van der Waals surface area (Å²) in [6.07, 6.45) is 0. The molecule has 1 atom stereocenters. The molecule has 100 valence electrons. The number of carbonyl (C=O) groups is 1. The van der Waals surface area contributed by atoms with Crippen LogP contribution in [0.25, 0.3) is 0 Å². The Kier molecular flexibility index (Phi) is 4.76. The van der Waals surface area contributed by atoms with E-state index in [9.17, 15) is 9.90 Å². The first-order chi connectivity index (χ1) is 8.27. The molecule has 0 aliphatic heterocycles. The molecule has 1 aromatic carbocycles. The molecule has 1 rings (SSSR count). The van der Waals surface area contributed by atoms with Crippen LogP contribution in [-0.2, 0) is 9.53 Å². The van der Waals surface area contributed by atoms with Crippen LogP contribution in [0.2, 0.25) is 0 Å². The molecular formula is C13H18BrNO3. The average molecular weight is 316 g/mol. The van der Waals surface area contributed by atoms with Crippen LogP contribution in [0, 0.1) is 13.8 Å². The summed E-state index contributed by atoms with van der Waals surface area (Å²) in [5, 5.41) is 13.0. The molecule has 0 aromatic heterocycles. The van der Waals surface area contributed by atoms with Gasteiger partial charge in [0, 0.05) is 4.47 Å². The third-order valence-corrected chi connectivity index (χ3v) is 3.29. The summed E-state index contributed by atoms with van der Waals surface area (Å²) in [5.41, 5.74) is 1.50. The number of hydrogen-bond acceptors (Lipinski definition) is 4. The fourth-order valence-electron chi connectivity index (χ4n) is 1.69. The highest BCUT2D eigenvalue weighted by molar-refractivity contribution is 9.10. The lowest BCUT2D eigenvalue weighted by molar-refractivity contribution is -0.158. The third kappa shape index (κ3) is 3.46. The topological polar surface area (TPSA) is 58.6 Å². The largest absolute Gasteiger partial charge is 0.467 e. The molecule has 5 heteroatoms. The van der Waals surface area contributed by atoms with Crippen molar-refractivity contribution in [2.45, 2.75) is 26.4 Å². The maximum absolute atomic E-state index is 11.4. The van der Waals surface area contributed by atoms with Crippen molar-refractivity contribution in [3.8, 4) is 0 Å². The summed E-state index contributed by atoms with van der Waals surface area (Å²) in [7, 11) is 1.25. The first-order valence-electron chi connectivity index (χ1n) is 5.59. The van der Waals surface area contributed by atoms with Crippen molar-refractivity contribution in [3.63, 3.8) is 0 Å². The number of methoxy groups -OCH3 is 1. The molecule has 0 aliphatic rings. The van der Waals surface area contributed by atoms with Crippen molar-refractivity contribution in [3.05, 3.63) is 27.7 Å². The van der Waals surface area contributed by atoms with Gasteiger partial charge in [0.2, 0.25) is 0 Å². The number of benzene rings is 1. The molecule has 0 spiro atoms. The summed E-state index contributed by atoms with van der Waals surface area (Å²) >= 11 is 3.46. The Morgan fingerprint density at radius 1 is 1.50 bits per heavy atom. The van der Waals surface area contributed by atoms with Gasteiger partial charge in [-0.05, 0) is 53.9 Å². The third-order valence-electron chi connectivity index (χ3n) is 2.67. The number of nitrogens with one attached hydrogen (secondary N) is 1. The van der Waals surface area contributed by atoms with Crippen LogP contribution in [0.4, 0.5) is 5.69 Å². The maximum atomic E-state index is 11.4. The molecule has 0 aliphatic carbocycles. The molecule has 4 nitrogen and oxygen atoms in total. The molecular weight excluding hydrogens is 298 g/mol. The Labute approximate surface area is 115 Å². The molecule has 0 amide bonds. The molecule has 0 saturated carbocycles. The molecule has 1 unspecified atom stereocenters. The molecule has 0 fully saturated rings. The zero-order valence-electron chi connectivity index (χ0n) is 11.0. The second-order valence-electron chi connectivity index (χ2n) is 4.56. The van der Waals surface area contributed by atoms with E-state index < -0.39 is 11.6 Å². The number of anilines is 1.